The van der Waals surface area contributed by atoms with Crippen molar-refractivity contribution >= 4 is 5.91 Å². The number of amides is 1. The van der Waals surface area contributed by atoms with Crippen molar-refractivity contribution in [2.24, 2.45) is 5.73 Å². The Kier molecular flexibility index (Phi) is 4.95. The van der Waals surface area contributed by atoms with E-state index >= 15 is 0 Å². The molecule has 4 heteroatoms. The summed E-state index contributed by atoms with van der Waals surface area (Å²) < 4.78 is 0. The molecule has 1 amide bonds. The molecule has 1 aromatic carbocycles. The number of benzene rings is 1. The average molecular weight is 222 g/mol. The Bertz CT molecular complexity index is 323. The van der Waals surface area contributed by atoms with Crippen LogP contribution in [0.25, 0.3) is 0 Å². The van der Waals surface area contributed by atoms with E-state index in [0.29, 0.717) is 6.42 Å². The van der Waals surface area contributed by atoms with Crippen LogP contribution >= 0.6 is 0 Å². The topological polar surface area (TPSA) is 75.3 Å². The second kappa shape index (κ2) is 6.25. The molecule has 0 saturated heterocycles. The molecule has 4 nitrogen and oxygen atoms in total. The Morgan fingerprint density at radius 2 is 2.06 bits per heavy atom. The predicted molar refractivity (Wildman–Crippen MR) is 62.7 cm³/mol. The highest BCUT2D eigenvalue weighted by Crippen LogP contribution is 2.09. The lowest BCUT2D eigenvalue weighted by molar-refractivity contribution is -0.123. The van der Waals surface area contributed by atoms with E-state index in [2.05, 4.69) is 5.32 Å². The molecule has 1 aromatic rings. The van der Waals surface area contributed by atoms with Crippen LogP contribution in [0.15, 0.2) is 30.3 Å². The molecule has 0 aromatic heterocycles. The van der Waals surface area contributed by atoms with E-state index in [-0.39, 0.29) is 18.6 Å². The van der Waals surface area contributed by atoms with Crippen LogP contribution in [0, 0.1) is 0 Å². The molecule has 2 atom stereocenters. The second-order valence-corrected chi connectivity index (χ2v) is 3.68. The van der Waals surface area contributed by atoms with E-state index in [9.17, 15) is 4.79 Å². The van der Waals surface area contributed by atoms with Crippen molar-refractivity contribution in [3.63, 3.8) is 0 Å². The summed E-state index contributed by atoms with van der Waals surface area (Å²) in [5, 5.41) is 11.7. The first kappa shape index (κ1) is 12.7. The summed E-state index contributed by atoms with van der Waals surface area (Å²) in [6.45, 7) is 1.83. The first-order valence-corrected chi connectivity index (χ1v) is 5.40. The third kappa shape index (κ3) is 3.32. The van der Waals surface area contributed by atoms with Gasteiger partial charge in [0.25, 0.3) is 0 Å². The van der Waals surface area contributed by atoms with Gasteiger partial charge in [0, 0.05) is 0 Å². The molecule has 0 heterocycles. The molecule has 0 aliphatic heterocycles. The van der Waals surface area contributed by atoms with Crippen LogP contribution in [-0.4, -0.2) is 23.7 Å². The van der Waals surface area contributed by atoms with Gasteiger partial charge < -0.3 is 16.2 Å². The van der Waals surface area contributed by atoms with Gasteiger partial charge in [-0.25, -0.2) is 0 Å². The van der Waals surface area contributed by atoms with Gasteiger partial charge in [-0.15, -0.1) is 0 Å². The summed E-state index contributed by atoms with van der Waals surface area (Å²) in [4.78, 5) is 11.7. The standard InChI is InChI=1S/C12H18N2O2/c1-2-10(8-15)14-12(16)11(13)9-6-4-3-5-7-9/h3-7,10-11,15H,2,8,13H2,1H3,(H,14,16). The molecule has 4 N–H and O–H groups in total. The summed E-state index contributed by atoms with van der Waals surface area (Å²) in [5.41, 5.74) is 6.57. The minimum atomic E-state index is -0.679. The molecular formula is C12H18N2O2. The van der Waals surface area contributed by atoms with E-state index in [0.717, 1.165) is 5.56 Å². The highest BCUT2D eigenvalue weighted by atomic mass is 16.3. The molecule has 0 aliphatic carbocycles. The molecule has 0 spiro atoms. The highest BCUT2D eigenvalue weighted by molar-refractivity contribution is 5.83. The number of nitrogens with one attached hydrogen (secondary N) is 1. The lowest BCUT2D eigenvalue weighted by Crippen LogP contribution is -2.42. The quantitative estimate of drug-likeness (QED) is 0.682. The number of aliphatic hydroxyl groups is 1. The van der Waals surface area contributed by atoms with Crippen LogP contribution in [-0.2, 0) is 4.79 Å². The van der Waals surface area contributed by atoms with Crippen LogP contribution in [0.5, 0.6) is 0 Å². The van der Waals surface area contributed by atoms with Gasteiger partial charge in [-0.2, -0.15) is 0 Å². The van der Waals surface area contributed by atoms with Crippen LogP contribution in [0.4, 0.5) is 0 Å². The Morgan fingerprint density at radius 3 is 2.56 bits per heavy atom. The maximum absolute atomic E-state index is 11.7. The number of nitrogens with two attached hydrogens (primary N) is 1. The number of carbonyl (C=O) groups is 1. The molecule has 0 bridgehead atoms. The monoisotopic (exact) mass is 222 g/mol. The Balaban J connectivity index is 2.61. The van der Waals surface area contributed by atoms with Crippen LogP contribution in [0.2, 0.25) is 0 Å². The van der Waals surface area contributed by atoms with Gasteiger partial charge in [-0.1, -0.05) is 37.3 Å². The summed E-state index contributed by atoms with van der Waals surface area (Å²) in [6.07, 6.45) is 0.684. The largest absolute Gasteiger partial charge is 0.394 e. The van der Waals surface area contributed by atoms with Crippen molar-refractivity contribution in [1.29, 1.82) is 0 Å². The maximum atomic E-state index is 11.7. The second-order valence-electron chi connectivity index (χ2n) is 3.68. The van der Waals surface area contributed by atoms with Gasteiger partial charge in [0.05, 0.1) is 12.6 Å². The average Bonchev–Trinajstić information content (AvgIpc) is 2.35. The van der Waals surface area contributed by atoms with Gasteiger partial charge in [-0.3, -0.25) is 4.79 Å². The van der Waals surface area contributed by atoms with Crippen molar-refractivity contribution in [1.82, 2.24) is 5.32 Å². The van der Waals surface area contributed by atoms with Crippen molar-refractivity contribution in [3.8, 4) is 0 Å². The Hall–Kier alpha value is -1.39. The minimum Gasteiger partial charge on any atom is -0.394 e. The summed E-state index contributed by atoms with van der Waals surface area (Å²) >= 11 is 0. The fourth-order valence-electron chi connectivity index (χ4n) is 1.38. The normalized spacial score (nSPS) is 14.2. The van der Waals surface area contributed by atoms with Crippen molar-refractivity contribution in [2.75, 3.05) is 6.61 Å². The van der Waals surface area contributed by atoms with Gasteiger partial charge in [-0.05, 0) is 12.0 Å². The van der Waals surface area contributed by atoms with E-state index < -0.39 is 6.04 Å². The Labute approximate surface area is 95.5 Å². The van der Waals surface area contributed by atoms with Gasteiger partial charge in [0.2, 0.25) is 5.91 Å². The number of aliphatic hydroxyl groups excluding tert-OH is 1. The van der Waals surface area contributed by atoms with Crippen LogP contribution in [0.1, 0.15) is 24.9 Å². The number of hydrogen-bond acceptors (Lipinski definition) is 3. The van der Waals surface area contributed by atoms with E-state index in [1.807, 2.05) is 37.3 Å². The summed E-state index contributed by atoms with van der Waals surface area (Å²) in [7, 11) is 0. The highest BCUT2D eigenvalue weighted by Gasteiger charge is 2.17. The predicted octanol–water partition coefficient (Wildman–Crippen LogP) is 0.573. The van der Waals surface area contributed by atoms with Gasteiger partial charge in [0.15, 0.2) is 0 Å². The molecule has 16 heavy (non-hydrogen) atoms. The zero-order valence-corrected chi connectivity index (χ0v) is 9.39. The summed E-state index contributed by atoms with van der Waals surface area (Å²) in [6, 6.07) is 8.27. The fourth-order valence-corrected chi connectivity index (χ4v) is 1.38. The van der Waals surface area contributed by atoms with Gasteiger partial charge in [0.1, 0.15) is 6.04 Å². The molecular weight excluding hydrogens is 204 g/mol. The summed E-state index contributed by atoms with van der Waals surface area (Å²) in [5.74, 6) is -0.257. The van der Waals surface area contributed by atoms with E-state index in [4.69, 9.17) is 10.8 Å². The maximum Gasteiger partial charge on any atom is 0.241 e. The van der Waals surface area contributed by atoms with Crippen LogP contribution < -0.4 is 11.1 Å². The zero-order chi connectivity index (χ0) is 12.0. The first-order chi connectivity index (χ1) is 7.69. The third-order valence-corrected chi connectivity index (χ3v) is 2.50. The number of rotatable bonds is 5. The third-order valence-electron chi connectivity index (χ3n) is 2.50. The fraction of sp³-hybridized carbons (Fsp3) is 0.417. The lowest BCUT2D eigenvalue weighted by atomic mass is 10.1. The molecule has 0 aliphatic rings. The van der Waals surface area contributed by atoms with Crippen LogP contribution in [0.3, 0.4) is 0 Å². The van der Waals surface area contributed by atoms with E-state index in [1.54, 1.807) is 0 Å². The van der Waals surface area contributed by atoms with Crippen molar-refractivity contribution in [3.05, 3.63) is 35.9 Å². The molecule has 1 rings (SSSR count). The lowest BCUT2D eigenvalue weighted by Gasteiger charge is -2.17. The zero-order valence-electron chi connectivity index (χ0n) is 9.39. The molecule has 88 valence electrons. The smallest absolute Gasteiger partial charge is 0.241 e. The molecule has 0 fully saturated rings. The number of hydrogen-bond donors (Lipinski definition) is 3. The SMILES string of the molecule is CCC(CO)NC(=O)C(N)c1ccccc1. The van der Waals surface area contributed by atoms with Crippen molar-refractivity contribution in [2.45, 2.75) is 25.4 Å². The van der Waals surface area contributed by atoms with Gasteiger partial charge >= 0.3 is 0 Å². The number of carbonyl (C=O) groups excluding carboxylic acids is 1. The minimum absolute atomic E-state index is 0.0657. The Morgan fingerprint density at radius 1 is 1.44 bits per heavy atom. The van der Waals surface area contributed by atoms with E-state index in [1.165, 1.54) is 0 Å². The molecule has 0 radical (unpaired) electrons. The molecule has 0 saturated carbocycles. The first-order valence-electron chi connectivity index (χ1n) is 5.40. The van der Waals surface area contributed by atoms with Crippen molar-refractivity contribution < 1.29 is 9.90 Å². The molecule has 2 unspecified atom stereocenters.